The monoisotopic (exact) mass is 361 g/mol. The van der Waals surface area contributed by atoms with Crippen LogP contribution >= 0.6 is 23.3 Å². The predicted octanol–water partition coefficient (Wildman–Crippen LogP) is 3.10. The van der Waals surface area contributed by atoms with Crippen molar-refractivity contribution >= 4 is 46.1 Å². The third-order valence-electron chi connectivity index (χ3n) is 2.68. The molecule has 1 amide bonds. The van der Waals surface area contributed by atoms with Gasteiger partial charge in [0.15, 0.2) is 0 Å². The first kappa shape index (κ1) is 17.6. The van der Waals surface area contributed by atoms with Gasteiger partial charge in [0.2, 0.25) is 10.3 Å². The van der Waals surface area contributed by atoms with Crippen molar-refractivity contribution in [2.45, 2.75) is 12.1 Å². The average Bonchev–Trinajstić information content (AvgIpc) is 3.00. The van der Waals surface area contributed by atoms with Gasteiger partial charge < -0.3 is 0 Å². The molecule has 2 rings (SSSR count). The van der Waals surface area contributed by atoms with Crippen molar-refractivity contribution in [3.05, 3.63) is 45.5 Å². The SMILES string of the molecule is CCSc1nsc(NC(=O)C(C#N)=Cc2ccc([N+](=O)[O-])cc2)n1. The van der Waals surface area contributed by atoms with Crippen LogP contribution in [0.25, 0.3) is 6.08 Å². The van der Waals surface area contributed by atoms with Crippen LogP contribution in [0.4, 0.5) is 10.8 Å². The second-order valence-electron chi connectivity index (χ2n) is 4.29. The second kappa shape index (κ2) is 8.19. The maximum Gasteiger partial charge on any atom is 0.269 e. The molecule has 1 heterocycles. The molecule has 0 bridgehead atoms. The fraction of sp³-hybridized carbons (Fsp3) is 0.143. The van der Waals surface area contributed by atoms with Gasteiger partial charge in [0, 0.05) is 23.7 Å². The van der Waals surface area contributed by atoms with Crippen LogP contribution in [0.1, 0.15) is 12.5 Å². The van der Waals surface area contributed by atoms with E-state index in [1.165, 1.54) is 42.1 Å². The summed E-state index contributed by atoms with van der Waals surface area (Å²) in [4.78, 5) is 26.3. The summed E-state index contributed by atoms with van der Waals surface area (Å²) >= 11 is 2.48. The highest BCUT2D eigenvalue weighted by Gasteiger charge is 2.13. The largest absolute Gasteiger partial charge is 0.296 e. The first-order valence-electron chi connectivity index (χ1n) is 6.67. The van der Waals surface area contributed by atoms with Crippen molar-refractivity contribution in [1.82, 2.24) is 9.36 Å². The highest BCUT2D eigenvalue weighted by molar-refractivity contribution is 7.99. The second-order valence-corrected chi connectivity index (χ2v) is 6.27. The smallest absolute Gasteiger partial charge is 0.269 e. The Hall–Kier alpha value is -2.77. The van der Waals surface area contributed by atoms with Gasteiger partial charge in [-0.05, 0) is 29.5 Å². The molecule has 0 radical (unpaired) electrons. The molecule has 0 atom stereocenters. The van der Waals surface area contributed by atoms with Crippen LogP contribution in [0, 0.1) is 21.4 Å². The third kappa shape index (κ3) is 4.61. The molecule has 1 aromatic heterocycles. The van der Waals surface area contributed by atoms with E-state index in [1.54, 1.807) is 6.07 Å². The van der Waals surface area contributed by atoms with Crippen LogP contribution in [0.2, 0.25) is 0 Å². The number of hydrogen-bond donors (Lipinski definition) is 1. The van der Waals surface area contributed by atoms with Crippen LogP contribution in [-0.4, -0.2) is 25.9 Å². The Balaban J connectivity index is 2.12. The Morgan fingerprint density at radius 1 is 1.50 bits per heavy atom. The molecule has 0 saturated heterocycles. The van der Waals surface area contributed by atoms with Crippen LogP contribution < -0.4 is 5.32 Å². The molecule has 0 aliphatic carbocycles. The third-order valence-corrected chi connectivity index (χ3v) is 4.16. The zero-order valence-corrected chi connectivity index (χ0v) is 14.1. The number of nitro benzene ring substituents is 1. The fourth-order valence-electron chi connectivity index (χ4n) is 1.62. The van der Waals surface area contributed by atoms with E-state index in [1.807, 2.05) is 6.92 Å². The lowest BCUT2D eigenvalue weighted by Gasteiger charge is -2.00. The van der Waals surface area contributed by atoms with Gasteiger partial charge in [-0.1, -0.05) is 18.7 Å². The molecule has 8 nitrogen and oxygen atoms in total. The van der Waals surface area contributed by atoms with E-state index in [2.05, 4.69) is 14.7 Å². The van der Waals surface area contributed by atoms with Crippen LogP contribution in [-0.2, 0) is 4.79 Å². The first-order valence-corrected chi connectivity index (χ1v) is 8.43. The Morgan fingerprint density at radius 3 is 2.79 bits per heavy atom. The number of anilines is 1. The molecule has 2 aromatic rings. The van der Waals surface area contributed by atoms with E-state index in [0.29, 0.717) is 15.9 Å². The molecule has 10 heteroatoms. The molecule has 1 aromatic carbocycles. The number of thioether (sulfide) groups is 1. The van der Waals surface area contributed by atoms with E-state index in [-0.39, 0.29) is 11.3 Å². The van der Waals surface area contributed by atoms with Crippen molar-refractivity contribution in [3.8, 4) is 6.07 Å². The number of hydrogen-bond acceptors (Lipinski definition) is 8. The molecule has 24 heavy (non-hydrogen) atoms. The van der Waals surface area contributed by atoms with Gasteiger partial charge in [-0.2, -0.15) is 14.6 Å². The minimum absolute atomic E-state index is 0.0649. The minimum Gasteiger partial charge on any atom is -0.296 e. The summed E-state index contributed by atoms with van der Waals surface area (Å²) in [5.41, 5.74) is 0.306. The molecule has 0 saturated carbocycles. The summed E-state index contributed by atoms with van der Waals surface area (Å²) in [6.45, 7) is 1.96. The molecular formula is C14H11N5O3S2. The van der Waals surface area contributed by atoms with Crippen LogP contribution in [0.5, 0.6) is 0 Å². The van der Waals surface area contributed by atoms with Gasteiger partial charge in [0.25, 0.3) is 11.6 Å². The summed E-state index contributed by atoms with van der Waals surface area (Å²) in [6.07, 6.45) is 1.35. The molecule has 0 aliphatic heterocycles. The van der Waals surface area contributed by atoms with Gasteiger partial charge in [0.05, 0.1) is 4.92 Å². The minimum atomic E-state index is -0.611. The van der Waals surface area contributed by atoms with Crippen LogP contribution in [0.15, 0.2) is 35.0 Å². The number of rotatable bonds is 6. The topological polar surface area (TPSA) is 122 Å². The standard InChI is InChI=1S/C14H11N5O3S2/c1-2-23-14-17-13(24-18-14)16-12(20)10(8-15)7-9-3-5-11(6-4-9)19(21)22/h3-7H,2H2,1H3,(H,16,17,18,20). The number of benzene rings is 1. The van der Waals surface area contributed by atoms with E-state index >= 15 is 0 Å². The lowest BCUT2D eigenvalue weighted by Crippen LogP contribution is -2.13. The molecular weight excluding hydrogens is 350 g/mol. The molecule has 0 aliphatic rings. The lowest BCUT2D eigenvalue weighted by molar-refractivity contribution is -0.384. The number of amides is 1. The summed E-state index contributed by atoms with van der Waals surface area (Å²) in [5.74, 6) is 0.202. The summed E-state index contributed by atoms with van der Waals surface area (Å²) in [7, 11) is 0. The predicted molar refractivity (Wildman–Crippen MR) is 91.6 cm³/mol. The van der Waals surface area contributed by atoms with Gasteiger partial charge in [0.1, 0.15) is 11.6 Å². The highest BCUT2D eigenvalue weighted by atomic mass is 32.2. The quantitative estimate of drug-likeness (QED) is 0.276. The molecule has 122 valence electrons. The number of nitro groups is 1. The number of nitrogens with zero attached hydrogens (tertiary/aromatic N) is 4. The number of carbonyl (C=O) groups excluding carboxylic acids is 1. The van der Waals surface area contributed by atoms with Gasteiger partial charge in [-0.15, -0.1) is 0 Å². The van der Waals surface area contributed by atoms with E-state index in [4.69, 9.17) is 5.26 Å². The zero-order valence-electron chi connectivity index (χ0n) is 12.4. The normalized spacial score (nSPS) is 10.9. The number of aromatic nitrogens is 2. The van der Waals surface area contributed by atoms with Crippen molar-refractivity contribution in [1.29, 1.82) is 5.26 Å². The molecule has 1 N–H and O–H groups in total. The van der Waals surface area contributed by atoms with Gasteiger partial charge >= 0.3 is 0 Å². The van der Waals surface area contributed by atoms with Gasteiger partial charge in [-0.3, -0.25) is 20.2 Å². The zero-order chi connectivity index (χ0) is 17.5. The molecule has 0 fully saturated rings. The van der Waals surface area contributed by atoms with Crippen molar-refractivity contribution in [2.24, 2.45) is 0 Å². The summed E-state index contributed by atoms with van der Waals surface area (Å²) < 4.78 is 4.07. The van der Waals surface area contributed by atoms with E-state index < -0.39 is 10.8 Å². The molecule has 0 unspecified atom stereocenters. The highest BCUT2D eigenvalue weighted by Crippen LogP contribution is 2.20. The Kier molecular flexibility index (Phi) is 6.00. The van der Waals surface area contributed by atoms with E-state index in [0.717, 1.165) is 17.3 Å². The average molecular weight is 361 g/mol. The number of nitriles is 1. The van der Waals surface area contributed by atoms with Crippen LogP contribution in [0.3, 0.4) is 0 Å². The number of nitrogens with one attached hydrogen (secondary N) is 1. The summed E-state index contributed by atoms with van der Waals surface area (Å²) in [5, 5.41) is 23.1. The van der Waals surface area contributed by atoms with Gasteiger partial charge in [-0.25, -0.2) is 0 Å². The maximum atomic E-state index is 12.1. The van der Waals surface area contributed by atoms with E-state index in [9.17, 15) is 14.9 Å². The lowest BCUT2D eigenvalue weighted by atomic mass is 10.1. The van der Waals surface area contributed by atoms with Crippen molar-refractivity contribution < 1.29 is 9.72 Å². The maximum absolute atomic E-state index is 12.1. The molecule has 0 spiro atoms. The van der Waals surface area contributed by atoms with Crippen molar-refractivity contribution in [3.63, 3.8) is 0 Å². The fourth-order valence-corrected chi connectivity index (χ4v) is 2.89. The number of non-ortho nitro benzene ring substituents is 1. The van der Waals surface area contributed by atoms with Crippen molar-refractivity contribution in [2.75, 3.05) is 11.1 Å². The Labute approximate surface area is 145 Å². The Bertz CT molecular complexity index is 824. The Morgan fingerprint density at radius 2 is 2.21 bits per heavy atom. The summed E-state index contributed by atoms with van der Waals surface area (Å²) in [6, 6.07) is 7.34. The first-order chi connectivity index (χ1) is 11.5. The number of carbonyl (C=O) groups is 1.